The van der Waals surface area contributed by atoms with E-state index in [1.807, 2.05) is 0 Å². The summed E-state index contributed by atoms with van der Waals surface area (Å²) in [7, 11) is 4.17. The fraction of sp³-hybridized carbons (Fsp3) is 1.00. The third kappa shape index (κ3) is 11.9. The van der Waals surface area contributed by atoms with E-state index >= 15 is 0 Å². The highest BCUT2D eigenvalue weighted by Crippen LogP contribution is 1.94. The molecule has 2 N–H and O–H groups in total. The number of nitrogens with two attached hydrogens (primary N) is 1. The van der Waals surface area contributed by atoms with Crippen LogP contribution in [0.2, 0.25) is 0 Å². The summed E-state index contributed by atoms with van der Waals surface area (Å²) in [5.74, 6) is 0. The van der Waals surface area contributed by atoms with Crippen molar-refractivity contribution in [1.29, 1.82) is 0 Å². The van der Waals surface area contributed by atoms with Gasteiger partial charge in [0.15, 0.2) is 0 Å². The summed E-state index contributed by atoms with van der Waals surface area (Å²) in [4.78, 5) is 2.18. The van der Waals surface area contributed by atoms with Crippen LogP contribution in [-0.2, 0) is 4.74 Å². The minimum absolute atomic E-state index is 0.806. The number of hydrogen-bond acceptors (Lipinski definition) is 3. The molecule has 0 bridgehead atoms. The summed E-state index contributed by atoms with van der Waals surface area (Å²) in [6, 6.07) is 0. The predicted octanol–water partition coefficient (Wildman–Crippen LogP) is 1.08. The normalized spacial score (nSPS) is 11.1. The second kappa shape index (κ2) is 9.96. The van der Waals surface area contributed by atoms with Gasteiger partial charge in [-0.05, 0) is 52.9 Å². The molecule has 0 aliphatic heterocycles. The van der Waals surface area contributed by atoms with Crippen LogP contribution in [0.25, 0.3) is 0 Å². The Morgan fingerprint density at radius 2 is 1.69 bits per heavy atom. The molecule has 3 heteroatoms. The van der Waals surface area contributed by atoms with Gasteiger partial charge < -0.3 is 15.4 Å². The van der Waals surface area contributed by atoms with Crippen LogP contribution in [0, 0.1) is 0 Å². The zero-order valence-corrected chi connectivity index (χ0v) is 9.09. The van der Waals surface area contributed by atoms with E-state index in [2.05, 4.69) is 19.0 Å². The van der Waals surface area contributed by atoms with Crippen molar-refractivity contribution in [2.75, 3.05) is 40.4 Å². The van der Waals surface area contributed by atoms with Crippen LogP contribution >= 0.6 is 0 Å². The Labute approximate surface area is 82.2 Å². The first-order valence-electron chi connectivity index (χ1n) is 5.20. The van der Waals surface area contributed by atoms with Crippen LogP contribution < -0.4 is 5.73 Å². The molecule has 0 unspecified atom stereocenters. The van der Waals surface area contributed by atoms with Crippen molar-refractivity contribution < 1.29 is 4.74 Å². The molecule has 0 aliphatic rings. The molecule has 0 spiro atoms. The fourth-order valence-electron chi connectivity index (χ4n) is 1.11. The Morgan fingerprint density at radius 3 is 2.31 bits per heavy atom. The molecule has 0 amide bonds. The molecule has 0 rings (SSSR count). The minimum Gasteiger partial charge on any atom is -0.381 e. The Hall–Kier alpha value is -0.120. The van der Waals surface area contributed by atoms with E-state index in [1.165, 1.54) is 6.42 Å². The summed E-state index contributed by atoms with van der Waals surface area (Å²) >= 11 is 0. The van der Waals surface area contributed by atoms with Gasteiger partial charge in [0.25, 0.3) is 0 Å². The first-order chi connectivity index (χ1) is 6.27. The molecule has 3 nitrogen and oxygen atoms in total. The van der Waals surface area contributed by atoms with Crippen molar-refractivity contribution >= 4 is 0 Å². The van der Waals surface area contributed by atoms with Gasteiger partial charge in [0.05, 0.1) is 0 Å². The highest BCUT2D eigenvalue weighted by molar-refractivity contribution is 4.44. The summed E-state index contributed by atoms with van der Waals surface area (Å²) in [6.07, 6.45) is 4.61. The molecule has 0 heterocycles. The molecule has 0 radical (unpaired) electrons. The largest absolute Gasteiger partial charge is 0.381 e. The fourth-order valence-corrected chi connectivity index (χ4v) is 1.11. The van der Waals surface area contributed by atoms with Crippen molar-refractivity contribution in [3.63, 3.8) is 0 Å². The molecule has 13 heavy (non-hydrogen) atoms. The highest BCUT2D eigenvalue weighted by Gasteiger charge is 1.91. The van der Waals surface area contributed by atoms with E-state index in [0.717, 1.165) is 45.6 Å². The van der Waals surface area contributed by atoms with Crippen LogP contribution in [0.4, 0.5) is 0 Å². The van der Waals surface area contributed by atoms with Gasteiger partial charge in [-0.1, -0.05) is 0 Å². The lowest BCUT2D eigenvalue weighted by atomic mass is 10.2. The predicted molar refractivity (Wildman–Crippen MR) is 56.9 cm³/mol. The van der Waals surface area contributed by atoms with Crippen LogP contribution in [0.1, 0.15) is 25.7 Å². The van der Waals surface area contributed by atoms with Crippen molar-refractivity contribution in [1.82, 2.24) is 4.90 Å². The van der Waals surface area contributed by atoms with E-state index in [0.29, 0.717) is 0 Å². The van der Waals surface area contributed by atoms with E-state index in [1.54, 1.807) is 0 Å². The first kappa shape index (κ1) is 12.9. The average molecular weight is 188 g/mol. The monoisotopic (exact) mass is 188 g/mol. The van der Waals surface area contributed by atoms with E-state index in [-0.39, 0.29) is 0 Å². The molecular weight excluding hydrogens is 164 g/mol. The summed E-state index contributed by atoms with van der Waals surface area (Å²) in [5.41, 5.74) is 5.38. The lowest BCUT2D eigenvalue weighted by Crippen LogP contribution is -2.15. The standard InChI is InChI=1S/C10H24N2O/c1-12(2)8-6-10-13-9-5-3-4-7-11/h3-11H2,1-2H3. The second-order valence-corrected chi connectivity index (χ2v) is 3.62. The molecule has 80 valence electrons. The van der Waals surface area contributed by atoms with Crippen molar-refractivity contribution in [3.05, 3.63) is 0 Å². The van der Waals surface area contributed by atoms with Gasteiger partial charge in [0, 0.05) is 13.2 Å². The molecule has 0 aromatic heterocycles. The molecule has 0 aromatic rings. The maximum absolute atomic E-state index is 5.46. The Bertz CT molecular complexity index is 96.9. The maximum atomic E-state index is 5.46. The second-order valence-electron chi connectivity index (χ2n) is 3.62. The first-order valence-corrected chi connectivity index (χ1v) is 5.20. The average Bonchev–Trinajstić information content (AvgIpc) is 2.09. The zero-order valence-electron chi connectivity index (χ0n) is 9.09. The van der Waals surface area contributed by atoms with E-state index in [4.69, 9.17) is 10.5 Å². The number of hydrogen-bond donors (Lipinski definition) is 1. The molecule has 0 aliphatic carbocycles. The van der Waals surface area contributed by atoms with Crippen LogP contribution in [0.5, 0.6) is 0 Å². The Kier molecular flexibility index (Phi) is 9.87. The van der Waals surface area contributed by atoms with Crippen LogP contribution in [-0.4, -0.2) is 45.3 Å². The third-order valence-corrected chi connectivity index (χ3v) is 1.89. The zero-order chi connectivity index (χ0) is 9.94. The number of unbranched alkanes of at least 4 members (excludes halogenated alkanes) is 2. The topological polar surface area (TPSA) is 38.5 Å². The van der Waals surface area contributed by atoms with Gasteiger partial charge in [-0.15, -0.1) is 0 Å². The van der Waals surface area contributed by atoms with Gasteiger partial charge in [-0.25, -0.2) is 0 Å². The smallest absolute Gasteiger partial charge is 0.0478 e. The van der Waals surface area contributed by atoms with Crippen molar-refractivity contribution in [3.8, 4) is 0 Å². The van der Waals surface area contributed by atoms with Gasteiger partial charge in [-0.3, -0.25) is 0 Å². The van der Waals surface area contributed by atoms with Crippen molar-refractivity contribution in [2.24, 2.45) is 5.73 Å². The molecule has 0 saturated carbocycles. The van der Waals surface area contributed by atoms with Gasteiger partial charge in [-0.2, -0.15) is 0 Å². The van der Waals surface area contributed by atoms with Gasteiger partial charge >= 0.3 is 0 Å². The number of rotatable bonds is 9. The number of ether oxygens (including phenoxy) is 1. The van der Waals surface area contributed by atoms with Crippen molar-refractivity contribution in [2.45, 2.75) is 25.7 Å². The Morgan fingerprint density at radius 1 is 1.00 bits per heavy atom. The lowest BCUT2D eigenvalue weighted by Gasteiger charge is -2.09. The molecule has 0 fully saturated rings. The molecule has 0 saturated heterocycles. The van der Waals surface area contributed by atoms with E-state index in [9.17, 15) is 0 Å². The minimum atomic E-state index is 0.806. The van der Waals surface area contributed by atoms with Gasteiger partial charge in [0.1, 0.15) is 0 Å². The van der Waals surface area contributed by atoms with Gasteiger partial charge in [0.2, 0.25) is 0 Å². The summed E-state index contributed by atoms with van der Waals surface area (Å²) in [5, 5.41) is 0. The maximum Gasteiger partial charge on any atom is 0.0478 e. The van der Waals surface area contributed by atoms with E-state index < -0.39 is 0 Å². The Balaban J connectivity index is 2.84. The van der Waals surface area contributed by atoms with Crippen LogP contribution in [0.3, 0.4) is 0 Å². The molecule has 0 aromatic carbocycles. The van der Waals surface area contributed by atoms with Crippen LogP contribution in [0.15, 0.2) is 0 Å². The quantitative estimate of drug-likeness (QED) is 0.550. The summed E-state index contributed by atoms with van der Waals surface area (Å²) < 4.78 is 5.46. The molecular formula is C10H24N2O. The SMILES string of the molecule is CN(C)CCCOCCCCCN. The highest BCUT2D eigenvalue weighted by atomic mass is 16.5. The molecule has 0 atom stereocenters. The lowest BCUT2D eigenvalue weighted by molar-refractivity contribution is 0.122. The number of nitrogens with zero attached hydrogens (tertiary/aromatic N) is 1. The third-order valence-electron chi connectivity index (χ3n) is 1.89. The summed E-state index contributed by atoms with van der Waals surface area (Å²) in [6.45, 7) is 3.71.